The normalized spacial score (nSPS) is 10.0. The quantitative estimate of drug-likeness (QED) is 0.647. The molecule has 0 bridgehead atoms. The molecule has 0 unspecified atom stereocenters. The molecular formula is C9H12NO2. The van der Waals surface area contributed by atoms with Crippen LogP contribution in [0.15, 0.2) is 0 Å². The van der Waals surface area contributed by atoms with E-state index in [0.29, 0.717) is 5.56 Å². The number of carbonyl (C=O) groups is 1. The summed E-state index contributed by atoms with van der Waals surface area (Å²) in [6, 6.07) is 0. The van der Waals surface area contributed by atoms with E-state index >= 15 is 0 Å². The SMILES string of the molecule is [CH2]OC(=O)c1c(C)[nH]c(C)c1C. The fourth-order valence-corrected chi connectivity index (χ4v) is 1.28. The van der Waals surface area contributed by atoms with E-state index in [-0.39, 0.29) is 5.97 Å². The van der Waals surface area contributed by atoms with Gasteiger partial charge >= 0.3 is 5.97 Å². The fourth-order valence-electron chi connectivity index (χ4n) is 1.28. The molecule has 0 saturated heterocycles. The lowest BCUT2D eigenvalue weighted by molar-refractivity contribution is 0.0652. The van der Waals surface area contributed by atoms with Gasteiger partial charge in [-0.15, -0.1) is 0 Å². The maximum Gasteiger partial charge on any atom is 0.340 e. The molecule has 0 spiro atoms. The molecule has 0 atom stereocenters. The van der Waals surface area contributed by atoms with E-state index in [0.717, 1.165) is 17.0 Å². The number of esters is 1. The van der Waals surface area contributed by atoms with E-state index in [2.05, 4.69) is 16.8 Å². The van der Waals surface area contributed by atoms with Crippen LogP contribution in [0.5, 0.6) is 0 Å². The molecule has 1 aromatic heterocycles. The zero-order valence-electron chi connectivity index (χ0n) is 7.52. The van der Waals surface area contributed by atoms with Gasteiger partial charge in [0, 0.05) is 11.4 Å². The first-order valence-electron chi connectivity index (χ1n) is 3.70. The molecule has 0 aliphatic carbocycles. The minimum atomic E-state index is -0.380. The molecule has 1 N–H and O–H groups in total. The number of hydrogen-bond acceptors (Lipinski definition) is 2. The molecular weight excluding hydrogens is 154 g/mol. The highest BCUT2D eigenvalue weighted by Gasteiger charge is 2.15. The molecule has 3 heteroatoms. The Balaban J connectivity index is 3.22. The van der Waals surface area contributed by atoms with Crippen molar-refractivity contribution in [3.05, 3.63) is 29.6 Å². The van der Waals surface area contributed by atoms with Crippen LogP contribution in [0.4, 0.5) is 0 Å². The molecule has 0 aromatic carbocycles. The van der Waals surface area contributed by atoms with E-state index in [1.807, 2.05) is 20.8 Å². The van der Waals surface area contributed by atoms with Crippen LogP contribution in [-0.4, -0.2) is 11.0 Å². The Morgan fingerprint density at radius 2 is 1.92 bits per heavy atom. The average molecular weight is 166 g/mol. The Hall–Kier alpha value is -1.25. The number of aromatic nitrogens is 1. The third-order valence-corrected chi connectivity index (χ3v) is 2.02. The highest BCUT2D eigenvalue weighted by Crippen LogP contribution is 2.17. The topological polar surface area (TPSA) is 42.1 Å². The van der Waals surface area contributed by atoms with Crippen molar-refractivity contribution in [2.24, 2.45) is 0 Å². The molecule has 0 fully saturated rings. The number of nitrogens with one attached hydrogen (secondary N) is 1. The number of carbonyl (C=O) groups excluding carboxylic acids is 1. The van der Waals surface area contributed by atoms with Crippen molar-refractivity contribution in [2.45, 2.75) is 20.8 Å². The lowest BCUT2D eigenvalue weighted by atomic mass is 10.1. The summed E-state index contributed by atoms with van der Waals surface area (Å²) in [5, 5.41) is 0. The zero-order chi connectivity index (χ0) is 9.30. The minimum absolute atomic E-state index is 0.380. The Morgan fingerprint density at radius 1 is 1.33 bits per heavy atom. The summed E-state index contributed by atoms with van der Waals surface area (Å²) in [5.41, 5.74) is 3.36. The summed E-state index contributed by atoms with van der Waals surface area (Å²) in [4.78, 5) is 14.2. The summed E-state index contributed by atoms with van der Waals surface area (Å²) in [6.07, 6.45) is 0. The average Bonchev–Trinajstić information content (AvgIpc) is 2.26. The summed E-state index contributed by atoms with van der Waals surface area (Å²) in [6.45, 7) is 5.64. The van der Waals surface area contributed by atoms with Gasteiger partial charge in [0.25, 0.3) is 0 Å². The van der Waals surface area contributed by atoms with Crippen molar-refractivity contribution in [3.8, 4) is 0 Å². The third-order valence-electron chi connectivity index (χ3n) is 2.02. The monoisotopic (exact) mass is 166 g/mol. The fraction of sp³-hybridized carbons (Fsp3) is 0.333. The zero-order valence-corrected chi connectivity index (χ0v) is 7.52. The highest BCUT2D eigenvalue weighted by molar-refractivity contribution is 5.92. The molecule has 0 saturated carbocycles. The van der Waals surface area contributed by atoms with Gasteiger partial charge in [0.15, 0.2) is 0 Å². The van der Waals surface area contributed by atoms with Crippen LogP contribution >= 0.6 is 0 Å². The van der Waals surface area contributed by atoms with Crippen LogP contribution in [-0.2, 0) is 4.74 Å². The van der Waals surface area contributed by atoms with Gasteiger partial charge in [-0.1, -0.05) is 0 Å². The molecule has 1 heterocycles. The molecule has 1 aromatic rings. The molecule has 65 valence electrons. The second-order valence-corrected chi connectivity index (χ2v) is 2.81. The van der Waals surface area contributed by atoms with Crippen LogP contribution in [0.3, 0.4) is 0 Å². The Labute approximate surface area is 71.7 Å². The first-order valence-corrected chi connectivity index (χ1v) is 3.70. The minimum Gasteiger partial charge on any atom is -0.458 e. The molecule has 1 rings (SSSR count). The molecule has 0 amide bonds. The summed E-state index contributed by atoms with van der Waals surface area (Å²) < 4.78 is 4.40. The van der Waals surface area contributed by atoms with Gasteiger partial charge < -0.3 is 9.72 Å². The largest absolute Gasteiger partial charge is 0.458 e. The first-order chi connectivity index (χ1) is 5.57. The first kappa shape index (κ1) is 8.84. The van der Waals surface area contributed by atoms with Gasteiger partial charge in [-0.05, 0) is 26.3 Å². The smallest absolute Gasteiger partial charge is 0.340 e. The van der Waals surface area contributed by atoms with E-state index in [1.165, 1.54) is 0 Å². The molecule has 0 aliphatic heterocycles. The van der Waals surface area contributed by atoms with Gasteiger partial charge in [0.2, 0.25) is 0 Å². The van der Waals surface area contributed by atoms with Gasteiger partial charge in [-0.2, -0.15) is 0 Å². The Morgan fingerprint density at radius 3 is 2.25 bits per heavy atom. The molecule has 1 radical (unpaired) electrons. The standard InChI is InChI=1S/C9H12NO2/c1-5-6(2)10-7(3)8(5)9(11)12-4/h10H,4H2,1-3H3. The maximum absolute atomic E-state index is 11.2. The number of H-pyrrole nitrogens is 1. The molecule has 0 aliphatic rings. The van der Waals surface area contributed by atoms with E-state index in [9.17, 15) is 4.79 Å². The lowest BCUT2D eigenvalue weighted by Crippen LogP contribution is -2.02. The molecule has 12 heavy (non-hydrogen) atoms. The second kappa shape index (κ2) is 3.01. The number of hydrogen-bond donors (Lipinski definition) is 1. The van der Waals surface area contributed by atoms with Gasteiger partial charge in [0.1, 0.15) is 7.11 Å². The predicted octanol–water partition coefficient (Wildman–Crippen LogP) is 1.89. The van der Waals surface area contributed by atoms with Crippen molar-refractivity contribution in [2.75, 3.05) is 0 Å². The van der Waals surface area contributed by atoms with Crippen LogP contribution in [0.2, 0.25) is 0 Å². The second-order valence-electron chi connectivity index (χ2n) is 2.81. The van der Waals surface area contributed by atoms with Gasteiger partial charge in [-0.3, -0.25) is 0 Å². The summed E-state index contributed by atoms with van der Waals surface area (Å²) in [5.74, 6) is -0.380. The van der Waals surface area contributed by atoms with Gasteiger partial charge in [-0.25, -0.2) is 4.79 Å². The van der Waals surface area contributed by atoms with Crippen molar-refractivity contribution >= 4 is 5.97 Å². The summed E-state index contributed by atoms with van der Waals surface area (Å²) >= 11 is 0. The molecule has 3 nitrogen and oxygen atoms in total. The van der Waals surface area contributed by atoms with Crippen molar-refractivity contribution < 1.29 is 9.53 Å². The van der Waals surface area contributed by atoms with E-state index in [1.54, 1.807) is 0 Å². The maximum atomic E-state index is 11.2. The Bertz CT molecular complexity index is 313. The van der Waals surface area contributed by atoms with Crippen LogP contribution in [0.1, 0.15) is 27.3 Å². The van der Waals surface area contributed by atoms with E-state index in [4.69, 9.17) is 0 Å². The highest BCUT2D eigenvalue weighted by atomic mass is 16.5. The number of aromatic amines is 1. The van der Waals surface area contributed by atoms with E-state index < -0.39 is 0 Å². The van der Waals surface area contributed by atoms with Crippen LogP contribution in [0.25, 0.3) is 0 Å². The van der Waals surface area contributed by atoms with Crippen LogP contribution in [0, 0.1) is 27.9 Å². The number of rotatable bonds is 1. The van der Waals surface area contributed by atoms with Crippen molar-refractivity contribution in [3.63, 3.8) is 0 Å². The van der Waals surface area contributed by atoms with Crippen molar-refractivity contribution in [1.82, 2.24) is 4.98 Å². The van der Waals surface area contributed by atoms with Crippen LogP contribution < -0.4 is 0 Å². The van der Waals surface area contributed by atoms with Crippen molar-refractivity contribution in [1.29, 1.82) is 0 Å². The summed E-state index contributed by atoms with van der Waals surface area (Å²) in [7, 11) is 3.09. The van der Waals surface area contributed by atoms with Gasteiger partial charge in [0.05, 0.1) is 5.56 Å². The number of ether oxygens (including phenoxy) is 1. The predicted molar refractivity (Wildman–Crippen MR) is 45.8 cm³/mol. The Kier molecular flexibility index (Phi) is 2.22. The lowest BCUT2D eigenvalue weighted by Gasteiger charge is -1.98. The number of aryl methyl sites for hydroxylation is 2. The third kappa shape index (κ3) is 1.22.